The highest BCUT2D eigenvalue weighted by Crippen LogP contribution is 2.17. The maximum absolute atomic E-state index is 11.9. The van der Waals surface area contributed by atoms with Crippen LogP contribution in [-0.4, -0.2) is 15.5 Å². The number of aromatic nitrogens is 2. The fourth-order valence-corrected chi connectivity index (χ4v) is 2.48. The van der Waals surface area contributed by atoms with Gasteiger partial charge in [0.25, 0.3) is 0 Å². The standard InChI is InChI=1S/C13H8N4O3S/c14-5-8-6-15-12(21-8)16-11(18)7-17-9-3-1-2-4-10(9)20-13(17)19/h1-4,6H,7H2,(H,15,16,18). The number of carbonyl (C=O) groups is 1. The summed E-state index contributed by atoms with van der Waals surface area (Å²) in [6, 6.07) is 8.79. The minimum atomic E-state index is -0.594. The highest BCUT2D eigenvalue weighted by molar-refractivity contribution is 7.16. The summed E-state index contributed by atoms with van der Waals surface area (Å²) >= 11 is 1.07. The van der Waals surface area contributed by atoms with Crippen LogP contribution in [0.1, 0.15) is 4.88 Å². The largest absolute Gasteiger partial charge is 0.420 e. The van der Waals surface area contributed by atoms with E-state index in [9.17, 15) is 9.59 Å². The van der Waals surface area contributed by atoms with Crippen LogP contribution in [0.4, 0.5) is 5.13 Å². The van der Waals surface area contributed by atoms with Crippen LogP contribution in [0, 0.1) is 11.3 Å². The van der Waals surface area contributed by atoms with Gasteiger partial charge in [0.05, 0.1) is 11.7 Å². The third kappa shape index (κ3) is 2.54. The first-order chi connectivity index (χ1) is 10.2. The normalized spacial score (nSPS) is 10.4. The van der Waals surface area contributed by atoms with Crippen molar-refractivity contribution < 1.29 is 9.21 Å². The Morgan fingerprint density at radius 3 is 3.05 bits per heavy atom. The van der Waals surface area contributed by atoms with Crippen molar-refractivity contribution in [1.29, 1.82) is 5.26 Å². The van der Waals surface area contributed by atoms with E-state index in [-0.39, 0.29) is 6.54 Å². The van der Waals surface area contributed by atoms with Gasteiger partial charge in [0, 0.05) is 0 Å². The molecule has 104 valence electrons. The number of hydrogen-bond donors (Lipinski definition) is 1. The van der Waals surface area contributed by atoms with Crippen molar-refractivity contribution in [1.82, 2.24) is 9.55 Å². The van der Waals surface area contributed by atoms with Gasteiger partial charge < -0.3 is 9.73 Å². The molecule has 0 spiro atoms. The van der Waals surface area contributed by atoms with Crippen LogP contribution in [0.2, 0.25) is 0 Å². The van der Waals surface area contributed by atoms with Crippen LogP contribution in [-0.2, 0) is 11.3 Å². The first kappa shape index (κ1) is 13.1. The Morgan fingerprint density at radius 2 is 2.29 bits per heavy atom. The smallest absolute Gasteiger partial charge is 0.408 e. The molecule has 0 atom stereocenters. The summed E-state index contributed by atoms with van der Waals surface area (Å²) in [5.74, 6) is -1.01. The lowest BCUT2D eigenvalue weighted by Gasteiger charge is -2.02. The van der Waals surface area contributed by atoms with Crippen LogP contribution < -0.4 is 11.1 Å². The van der Waals surface area contributed by atoms with E-state index in [4.69, 9.17) is 9.68 Å². The minimum absolute atomic E-state index is 0.183. The molecule has 0 aliphatic carbocycles. The van der Waals surface area contributed by atoms with E-state index in [1.807, 2.05) is 6.07 Å². The zero-order chi connectivity index (χ0) is 14.8. The third-order valence-electron chi connectivity index (χ3n) is 2.74. The number of nitrogens with one attached hydrogen (secondary N) is 1. The van der Waals surface area contributed by atoms with Gasteiger partial charge in [-0.25, -0.2) is 9.78 Å². The quantitative estimate of drug-likeness (QED) is 0.791. The van der Waals surface area contributed by atoms with Crippen molar-refractivity contribution in [2.24, 2.45) is 0 Å². The molecule has 0 bridgehead atoms. The van der Waals surface area contributed by atoms with E-state index in [0.717, 1.165) is 11.3 Å². The van der Waals surface area contributed by atoms with E-state index >= 15 is 0 Å². The fraction of sp³-hybridized carbons (Fsp3) is 0.0769. The van der Waals surface area contributed by atoms with Crippen molar-refractivity contribution in [2.45, 2.75) is 6.54 Å². The number of nitrogens with zero attached hydrogens (tertiary/aromatic N) is 3. The molecule has 0 aliphatic rings. The van der Waals surface area contributed by atoms with Crippen molar-refractivity contribution >= 4 is 33.5 Å². The van der Waals surface area contributed by atoms with Crippen LogP contribution in [0.5, 0.6) is 0 Å². The summed E-state index contributed by atoms with van der Waals surface area (Å²) in [5, 5.41) is 11.6. The van der Waals surface area contributed by atoms with E-state index in [0.29, 0.717) is 21.1 Å². The second-order valence-corrected chi connectivity index (χ2v) is 5.14. The summed E-state index contributed by atoms with van der Waals surface area (Å²) in [7, 11) is 0. The molecule has 0 aliphatic heterocycles. The molecule has 0 saturated carbocycles. The number of hydrogen-bond acceptors (Lipinski definition) is 6. The highest BCUT2D eigenvalue weighted by atomic mass is 32.1. The molecule has 1 N–H and O–H groups in total. The molecule has 1 aromatic carbocycles. The predicted octanol–water partition coefficient (Wildman–Crippen LogP) is 1.56. The number of oxazole rings is 1. The zero-order valence-electron chi connectivity index (χ0n) is 10.6. The van der Waals surface area contributed by atoms with E-state index in [1.54, 1.807) is 24.3 Å². The Morgan fingerprint density at radius 1 is 1.48 bits per heavy atom. The zero-order valence-corrected chi connectivity index (χ0v) is 11.4. The first-order valence-electron chi connectivity index (χ1n) is 5.91. The summed E-state index contributed by atoms with van der Waals surface area (Å²) in [6.45, 7) is -0.183. The molecule has 3 rings (SSSR count). The molecule has 0 radical (unpaired) electrons. The number of fused-ring (bicyclic) bond motifs is 1. The number of amides is 1. The van der Waals surface area contributed by atoms with Crippen LogP contribution in [0.25, 0.3) is 11.1 Å². The van der Waals surface area contributed by atoms with Crippen molar-refractivity contribution in [3.63, 3.8) is 0 Å². The second-order valence-electron chi connectivity index (χ2n) is 4.11. The minimum Gasteiger partial charge on any atom is -0.408 e. The Hall–Kier alpha value is -2.92. The van der Waals surface area contributed by atoms with Crippen molar-refractivity contribution in [3.8, 4) is 6.07 Å². The number of para-hydroxylation sites is 2. The molecule has 3 aromatic rings. The van der Waals surface area contributed by atoms with Gasteiger partial charge in [-0.15, -0.1) is 0 Å². The fourth-order valence-electron chi connectivity index (χ4n) is 1.85. The van der Waals surface area contributed by atoms with E-state index < -0.39 is 11.7 Å². The Bertz CT molecular complexity index is 915. The van der Waals surface area contributed by atoms with Gasteiger partial charge in [0.15, 0.2) is 10.7 Å². The number of rotatable bonds is 3. The number of anilines is 1. The predicted molar refractivity (Wildman–Crippen MR) is 75.9 cm³/mol. The van der Waals surface area contributed by atoms with Gasteiger partial charge in [-0.1, -0.05) is 23.5 Å². The van der Waals surface area contributed by atoms with Gasteiger partial charge in [-0.3, -0.25) is 9.36 Å². The topological polar surface area (TPSA) is 101 Å². The monoisotopic (exact) mass is 300 g/mol. The molecule has 2 heterocycles. The lowest BCUT2D eigenvalue weighted by Crippen LogP contribution is -2.24. The van der Waals surface area contributed by atoms with Gasteiger partial charge in [0.2, 0.25) is 5.91 Å². The molecule has 2 aromatic heterocycles. The summed E-state index contributed by atoms with van der Waals surface area (Å²) in [4.78, 5) is 28.0. The first-order valence-corrected chi connectivity index (χ1v) is 6.73. The maximum Gasteiger partial charge on any atom is 0.420 e. The molecular weight excluding hydrogens is 292 g/mol. The molecule has 8 heteroatoms. The molecule has 0 fully saturated rings. The molecule has 21 heavy (non-hydrogen) atoms. The van der Waals surface area contributed by atoms with Gasteiger partial charge >= 0.3 is 5.76 Å². The van der Waals surface area contributed by atoms with Crippen molar-refractivity contribution in [3.05, 3.63) is 45.9 Å². The van der Waals surface area contributed by atoms with Gasteiger partial charge in [0.1, 0.15) is 17.5 Å². The Kier molecular flexibility index (Phi) is 3.25. The van der Waals surface area contributed by atoms with Crippen molar-refractivity contribution in [2.75, 3.05) is 5.32 Å². The second kappa shape index (κ2) is 5.22. The molecule has 0 saturated heterocycles. The Labute approximate surface area is 122 Å². The summed E-state index contributed by atoms with van der Waals surface area (Å²) in [5.41, 5.74) is 0.978. The lowest BCUT2D eigenvalue weighted by molar-refractivity contribution is -0.116. The SMILES string of the molecule is N#Cc1cnc(NC(=O)Cn2c(=O)oc3ccccc32)s1. The van der Waals surface area contributed by atoms with Gasteiger partial charge in [-0.05, 0) is 12.1 Å². The van der Waals surface area contributed by atoms with Crippen LogP contribution in [0.3, 0.4) is 0 Å². The number of carbonyl (C=O) groups excluding carboxylic acids is 1. The van der Waals surface area contributed by atoms with Crippen LogP contribution >= 0.6 is 11.3 Å². The molecule has 1 amide bonds. The van der Waals surface area contributed by atoms with E-state index in [2.05, 4.69) is 10.3 Å². The maximum atomic E-state index is 11.9. The lowest BCUT2D eigenvalue weighted by atomic mass is 10.3. The number of benzene rings is 1. The molecular formula is C13H8N4O3S. The Balaban J connectivity index is 1.82. The molecule has 0 unspecified atom stereocenters. The summed E-state index contributed by atoms with van der Waals surface area (Å²) < 4.78 is 6.28. The number of nitriles is 1. The van der Waals surface area contributed by atoms with Crippen LogP contribution in [0.15, 0.2) is 39.7 Å². The summed E-state index contributed by atoms with van der Waals surface area (Å²) in [6.07, 6.45) is 1.37. The third-order valence-corrected chi connectivity index (χ3v) is 3.56. The van der Waals surface area contributed by atoms with Gasteiger partial charge in [-0.2, -0.15) is 5.26 Å². The highest BCUT2D eigenvalue weighted by Gasteiger charge is 2.13. The number of thiazole rings is 1. The molecule has 7 nitrogen and oxygen atoms in total. The van der Waals surface area contributed by atoms with E-state index in [1.165, 1.54) is 10.8 Å². The average Bonchev–Trinajstić information content (AvgIpc) is 3.04. The average molecular weight is 300 g/mol.